The van der Waals surface area contributed by atoms with E-state index in [1.807, 2.05) is 0 Å². The van der Waals surface area contributed by atoms with E-state index in [2.05, 4.69) is 108 Å². The summed E-state index contributed by atoms with van der Waals surface area (Å²) < 4.78 is 0. The lowest BCUT2D eigenvalue weighted by atomic mass is 9.52. The summed E-state index contributed by atoms with van der Waals surface area (Å²) in [5.74, 6) is 0. The molecule has 0 unspecified atom stereocenters. The van der Waals surface area contributed by atoms with Gasteiger partial charge in [-0.2, -0.15) is 0 Å². The molecule has 1 fully saturated rings. The first kappa shape index (κ1) is 25.1. The topological polar surface area (TPSA) is 3.24 Å². The minimum Gasteiger partial charge on any atom is -0.310 e. The van der Waals surface area contributed by atoms with Crippen LogP contribution in [0.3, 0.4) is 0 Å². The molecule has 3 aromatic carbocycles. The average molecular weight is 512 g/mol. The van der Waals surface area contributed by atoms with Crippen LogP contribution in [0.15, 0.2) is 54.6 Å². The first-order chi connectivity index (χ1) is 17.3. The van der Waals surface area contributed by atoms with E-state index in [0.29, 0.717) is 5.41 Å². The van der Waals surface area contributed by atoms with Crippen LogP contribution < -0.4 is 4.90 Å². The molecule has 7 rings (SSSR count). The van der Waals surface area contributed by atoms with Crippen molar-refractivity contribution in [3.05, 3.63) is 87.4 Å². The summed E-state index contributed by atoms with van der Waals surface area (Å²) in [5.41, 5.74) is 11.9. The fraction of sp³-hybridized carbons (Fsp3) is 0.486. The van der Waals surface area contributed by atoms with Gasteiger partial charge in [0, 0.05) is 22.1 Å². The highest BCUT2D eigenvalue weighted by molar-refractivity contribution is 6.31. The number of rotatable bonds is 3. The Labute approximate surface area is 229 Å². The zero-order valence-corrected chi connectivity index (χ0v) is 24.5. The molecule has 0 saturated heterocycles. The molecule has 3 aromatic rings. The maximum absolute atomic E-state index is 6.65. The van der Waals surface area contributed by atoms with Crippen molar-refractivity contribution in [2.45, 2.75) is 109 Å². The van der Waals surface area contributed by atoms with Crippen molar-refractivity contribution in [2.24, 2.45) is 0 Å². The fourth-order valence-corrected chi connectivity index (χ4v) is 7.88. The van der Waals surface area contributed by atoms with Crippen LogP contribution in [0, 0.1) is 6.92 Å². The normalized spacial score (nSPS) is 26.9. The smallest absolute Gasteiger partial charge is 0.0479 e. The standard InChI is InChI=1S/C35H42ClN/c1-23-18-24(36)20-27(19-23)37(25-8-10-28-30(21-25)33(4,5)13-12-32(28,2)3)26-9-11-29-31(22-26)35(7)16-14-34(29,6)15-17-35/h8-11,18-22H,12-17H2,1-7H3. The maximum Gasteiger partial charge on any atom is 0.0479 e. The summed E-state index contributed by atoms with van der Waals surface area (Å²) in [7, 11) is 0. The van der Waals surface area contributed by atoms with Crippen molar-refractivity contribution in [3.63, 3.8) is 0 Å². The highest BCUT2D eigenvalue weighted by atomic mass is 35.5. The number of nitrogens with zero attached hydrogens (tertiary/aromatic N) is 1. The molecule has 0 N–H and O–H groups in total. The van der Waals surface area contributed by atoms with Gasteiger partial charge in [-0.15, -0.1) is 0 Å². The SMILES string of the molecule is Cc1cc(Cl)cc(N(c2ccc3c(c2)C(C)(C)CCC3(C)C)c2ccc3c(c2)C2(C)CCC3(C)CC2)c1. The van der Waals surface area contributed by atoms with Gasteiger partial charge in [-0.1, -0.05) is 65.3 Å². The first-order valence-corrected chi connectivity index (χ1v) is 14.6. The number of aryl methyl sites for hydroxylation is 1. The maximum atomic E-state index is 6.65. The first-order valence-electron chi connectivity index (χ1n) is 14.2. The van der Waals surface area contributed by atoms with E-state index < -0.39 is 0 Å². The van der Waals surface area contributed by atoms with Crippen LogP contribution in [-0.2, 0) is 21.7 Å². The Morgan fingerprint density at radius 3 is 1.65 bits per heavy atom. The lowest BCUT2D eigenvalue weighted by molar-refractivity contribution is 0.188. The number of anilines is 3. The summed E-state index contributed by atoms with van der Waals surface area (Å²) in [6.45, 7) is 16.7. The molecule has 0 radical (unpaired) electrons. The minimum absolute atomic E-state index is 0.161. The second-order valence-corrected chi connectivity index (χ2v) is 14.6. The molecule has 37 heavy (non-hydrogen) atoms. The van der Waals surface area contributed by atoms with Crippen molar-refractivity contribution in [1.82, 2.24) is 0 Å². The molecule has 0 atom stereocenters. The van der Waals surface area contributed by atoms with Crippen LogP contribution in [0.5, 0.6) is 0 Å². The van der Waals surface area contributed by atoms with Gasteiger partial charge in [0.25, 0.3) is 0 Å². The van der Waals surface area contributed by atoms with E-state index in [4.69, 9.17) is 11.6 Å². The highest BCUT2D eigenvalue weighted by Crippen LogP contribution is 2.57. The van der Waals surface area contributed by atoms with Gasteiger partial charge in [0.2, 0.25) is 0 Å². The molecule has 0 amide bonds. The third kappa shape index (κ3) is 3.95. The lowest BCUT2D eigenvalue weighted by Gasteiger charge is -2.52. The van der Waals surface area contributed by atoms with Crippen molar-refractivity contribution < 1.29 is 0 Å². The third-order valence-electron chi connectivity index (χ3n) is 10.4. The van der Waals surface area contributed by atoms with Crippen molar-refractivity contribution in [1.29, 1.82) is 0 Å². The molecule has 0 heterocycles. The highest BCUT2D eigenvalue weighted by Gasteiger charge is 2.47. The summed E-state index contributed by atoms with van der Waals surface area (Å²) >= 11 is 6.65. The van der Waals surface area contributed by atoms with E-state index in [1.165, 1.54) is 66.6 Å². The summed E-state index contributed by atoms with van der Waals surface area (Å²) in [6, 6.07) is 21.0. The molecular weight excluding hydrogens is 470 g/mol. The molecule has 0 aliphatic heterocycles. The number of benzene rings is 3. The van der Waals surface area contributed by atoms with Crippen LogP contribution in [0.1, 0.15) is 108 Å². The number of fused-ring (bicyclic) bond motifs is 3. The van der Waals surface area contributed by atoms with Crippen LogP contribution >= 0.6 is 11.6 Å². The lowest BCUT2D eigenvalue weighted by Crippen LogP contribution is -2.44. The van der Waals surface area contributed by atoms with Gasteiger partial charge in [0.15, 0.2) is 0 Å². The van der Waals surface area contributed by atoms with Gasteiger partial charge in [0.05, 0.1) is 0 Å². The molecule has 0 spiro atoms. The van der Waals surface area contributed by atoms with Crippen molar-refractivity contribution >= 4 is 28.7 Å². The zero-order valence-electron chi connectivity index (χ0n) is 23.8. The molecule has 4 aliphatic carbocycles. The number of hydrogen-bond acceptors (Lipinski definition) is 1. The molecule has 1 saturated carbocycles. The van der Waals surface area contributed by atoms with E-state index >= 15 is 0 Å². The largest absolute Gasteiger partial charge is 0.310 e. The average Bonchev–Trinajstić information content (AvgIpc) is 2.83. The van der Waals surface area contributed by atoms with Gasteiger partial charge in [-0.3, -0.25) is 0 Å². The molecule has 2 heteroatoms. The Bertz CT molecular complexity index is 1330. The molecule has 0 aromatic heterocycles. The quantitative estimate of drug-likeness (QED) is 0.338. The van der Waals surface area contributed by atoms with Gasteiger partial charge in [-0.05, 0) is 137 Å². The Hall–Kier alpha value is -2.25. The molecule has 4 aliphatic rings. The molecule has 1 nitrogen and oxygen atoms in total. The van der Waals surface area contributed by atoms with Gasteiger partial charge in [0.1, 0.15) is 0 Å². The Morgan fingerprint density at radius 1 is 0.541 bits per heavy atom. The van der Waals surface area contributed by atoms with Crippen molar-refractivity contribution in [3.8, 4) is 0 Å². The van der Waals surface area contributed by atoms with Gasteiger partial charge < -0.3 is 4.90 Å². The Kier molecular flexibility index (Phi) is 5.50. The van der Waals surface area contributed by atoms with E-state index in [-0.39, 0.29) is 16.2 Å². The van der Waals surface area contributed by atoms with E-state index in [0.717, 1.165) is 10.7 Å². The van der Waals surface area contributed by atoms with Gasteiger partial charge >= 0.3 is 0 Å². The fourth-order valence-electron chi connectivity index (χ4n) is 7.60. The van der Waals surface area contributed by atoms with E-state index in [9.17, 15) is 0 Å². The summed E-state index contributed by atoms with van der Waals surface area (Å²) in [6.07, 6.45) is 7.64. The second kappa shape index (κ2) is 8.12. The zero-order chi connectivity index (χ0) is 26.4. The number of hydrogen-bond donors (Lipinski definition) is 0. The monoisotopic (exact) mass is 511 g/mol. The van der Waals surface area contributed by atoms with Crippen LogP contribution in [-0.4, -0.2) is 0 Å². The summed E-state index contributed by atoms with van der Waals surface area (Å²) in [4.78, 5) is 2.45. The Balaban J connectivity index is 1.57. The number of halogens is 1. The predicted molar refractivity (Wildman–Crippen MR) is 159 cm³/mol. The van der Waals surface area contributed by atoms with Crippen molar-refractivity contribution in [2.75, 3.05) is 4.90 Å². The summed E-state index contributed by atoms with van der Waals surface area (Å²) in [5, 5.41) is 0.788. The molecule has 2 bridgehead atoms. The second-order valence-electron chi connectivity index (χ2n) is 14.2. The Morgan fingerprint density at radius 2 is 1.05 bits per heavy atom. The van der Waals surface area contributed by atoms with Crippen LogP contribution in [0.25, 0.3) is 0 Å². The van der Waals surface area contributed by atoms with Crippen LogP contribution in [0.4, 0.5) is 17.1 Å². The molecule has 194 valence electrons. The van der Waals surface area contributed by atoms with E-state index in [1.54, 1.807) is 11.1 Å². The van der Waals surface area contributed by atoms with Gasteiger partial charge in [-0.25, -0.2) is 0 Å². The minimum atomic E-state index is 0.161. The molecular formula is C35H42ClN. The van der Waals surface area contributed by atoms with Crippen LogP contribution in [0.2, 0.25) is 5.02 Å². The third-order valence-corrected chi connectivity index (χ3v) is 10.6. The predicted octanol–water partition coefficient (Wildman–Crippen LogP) is 10.6.